The Balaban J connectivity index is 2.78. The van der Waals surface area contributed by atoms with Gasteiger partial charge in [0, 0.05) is 16.6 Å². The minimum atomic E-state index is -0.443. The molecule has 0 aliphatic carbocycles. The van der Waals surface area contributed by atoms with E-state index in [4.69, 9.17) is 11.1 Å². The van der Waals surface area contributed by atoms with Crippen LogP contribution in [0.5, 0.6) is 0 Å². The van der Waals surface area contributed by atoms with E-state index in [2.05, 4.69) is 4.98 Å². The van der Waals surface area contributed by atoms with Crippen LogP contribution in [0.1, 0.15) is 11.3 Å². The fourth-order valence-corrected chi connectivity index (χ4v) is 1.44. The van der Waals surface area contributed by atoms with Crippen molar-refractivity contribution in [1.29, 1.82) is 5.41 Å². The summed E-state index contributed by atoms with van der Waals surface area (Å²) in [5, 5.41) is 7.90. The van der Waals surface area contributed by atoms with Gasteiger partial charge in [-0.05, 0) is 25.1 Å². The lowest BCUT2D eigenvalue weighted by atomic mass is 10.1. The van der Waals surface area contributed by atoms with Crippen LogP contribution >= 0.6 is 0 Å². The van der Waals surface area contributed by atoms with Gasteiger partial charge in [-0.25, -0.2) is 4.39 Å². The van der Waals surface area contributed by atoms with Crippen molar-refractivity contribution >= 4 is 16.7 Å². The van der Waals surface area contributed by atoms with Gasteiger partial charge in [0.1, 0.15) is 17.2 Å². The molecule has 0 aliphatic heterocycles. The van der Waals surface area contributed by atoms with Crippen molar-refractivity contribution in [1.82, 2.24) is 4.98 Å². The highest BCUT2D eigenvalue weighted by Crippen LogP contribution is 2.18. The largest absolute Gasteiger partial charge is 0.384 e. The van der Waals surface area contributed by atoms with E-state index in [0.29, 0.717) is 16.5 Å². The monoisotopic (exact) mass is 203 g/mol. The number of halogens is 1. The van der Waals surface area contributed by atoms with Crippen LogP contribution in [-0.4, -0.2) is 10.8 Å². The lowest BCUT2D eigenvalue weighted by molar-refractivity contribution is 0.636. The van der Waals surface area contributed by atoms with E-state index >= 15 is 0 Å². The zero-order valence-electron chi connectivity index (χ0n) is 8.21. The van der Waals surface area contributed by atoms with Crippen molar-refractivity contribution in [3.8, 4) is 0 Å². The fraction of sp³-hybridized carbons (Fsp3) is 0.0909. The van der Waals surface area contributed by atoms with Gasteiger partial charge in [-0.1, -0.05) is 6.07 Å². The van der Waals surface area contributed by atoms with Crippen LogP contribution in [0.25, 0.3) is 10.9 Å². The van der Waals surface area contributed by atoms with Gasteiger partial charge in [0.15, 0.2) is 0 Å². The smallest absolute Gasteiger partial charge is 0.150 e. The van der Waals surface area contributed by atoms with E-state index < -0.39 is 5.82 Å². The second-order valence-electron chi connectivity index (χ2n) is 3.40. The molecule has 1 aromatic heterocycles. The normalized spacial score (nSPS) is 10.5. The molecular weight excluding hydrogens is 193 g/mol. The predicted octanol–water partition coefficient (Wildman–Crippen LogP) is 1.97. The highest BCUT2D eigenvalue weighted by molar-refractivity contribution is 5.98. The van der Waals surface area contributed by atoms with Crippen LogP contribution in [0.4, 0.5) is 4.39 Å². The van der Waals surface area contributed by atoms with Gasteiger partial charge < -0.3 is 5.73 Å². The number of pyridine rings is 1. The van der Waals surface area contributed by atoms with Crippen LogP contribution < -0.4 is 5.73 Å². The third-order valence-electron chi connectivity index (χ3n) is 2.20. The molecule has 0 saturated heterocycles. The van der Waals surface area contributed by atoms with Crippen LogP contribution in [-0.2, 0) is 0 Å². The number of nitrogen functional groups attached to an aromatic ring is 1. The average molecular weight is 203 g/mol. The number of nitrogens with zero attached hydrogens (tertiary/aromatic N) is 1. The Bertz CT molecular complexity index is 549. The third kappa shape index (κ3) is 1.66. The Labute approximate surface area is 86.3 Å². The van der Waals surface area contributed by atoms with E-state index in [1.54, 1.807) is 25.1 Å². The Kier molecular flexibility index (Phi) is 2.11. The SMILES string of the molecule is Cc1ccc2cc(C(=N)N)cc(F)c2n1. The second-order valence-corrected chi connectivity index (χ2v) is 3.40. The molecule has 0 radical (unpaired) electrons. The molecule has 4 heteroatoms. The number of nitrogens with one attached hydrogen (secondary N) is 1. The molecule has 0 bridgehead atoms. The number of aromatic nitrogens is 1. The summed E-state index contributed by atoms with van der Waals surface area (Å²) in [6, 6.07) is 6.46. The first-order chi connectivity index (χ1) is 7.08. The molecule has 1 aromatic carbocycles. The summed E-state index contributed by atoms with van der Waals surface area (Å²) in [4.78, 5) is 4.09. The molecule has 15 heavy (non-hydrogen) atoms. The van der Waals surface area contributed by atoms with Crippen LogP contribution in [0.2, 0.25) is 0 Å². The maximum atomic E-state index is 13.6. The summed E-state index contributed by atoms with van der Waals surface area (Å²) >= 11 is 0. The Morgan fingerprint density at radius 2 is 2.13 bits per heavy atom. The molecule has 0 spiro atoms. The molecule has 0 unspecified atom stereocenters. The quantitative estimate of drug-likeness (QED) is 0.549. The molecular formula is C11H10FN3. The fourth-order valence-electron chi connectivity index (χ4n) is 1.44. The van der Waals surface area contributed by atoms with Gasteiger partial charge in [-0.15, -0.1) is 0 Å². The molecule has 0 fully saturated rings. The molecule has 0 atom stereocenters. The van der Waals surface area contributed by atoms with Gasteiger partial charge >= 0.3 is 0 Å². The third-order valence-corrected chi connectivity index (χ3v) is 2.20. The zero-order chi connectivity index (χ0) is 11.0. The highest BCUT2D eigenvalue weighted by Gasteiger charge is 2.06. The van der Waals surface area contributed by atoms with E-state index in [1.807, 2.05) is 0 Å². The summed E-state index contributed by atoms with van der Waals surface area (Å²) in [7, 11) is 0. The van der Waals surface area contributed by atoms with Crippen molar-refractivity contribution in [2.75, 3.05) is 0 Å². The maximum Gasteiger partial charge on any atom is 0.150 e. The predicted molar refractivity (Wildman–Crippen MR) is 57.5 cm³/mol. The van der Waals surface area contributed by atoms with Gasteiger partial charge in [0.05, 0.1) is 0 Å². The topological polar surface area (TPSA) is 62.8 Å². The van der Waals surface area contributed by atoms with Gasteiger partial charge in [0.25, 0.3) is 0 Å². The first-order valence-corrected chi connectivity index (χ1v) is 4.49. The van der Waals surface area contributed by atoms with E-state index in [1.165, 1.54) is 6.07 Å². The summed E-state index contributed by atoms with van der Waals surface area (Å²) in [5.41, 5.74) is 6.76. The van der Waals surface area contributed by atoms with E-state index in [-0.39, 0.29) is 5.84 Å². The number of fused-ring (bicyclic) bond motifs is 1. The lowest BCUT2D eigenvalue weighted by Crippen LogP contribution is -2.11. The number of hydrogen-bond donors (Lipinski definition) is 2. The Hall–Kier alpha value is -1.97. The Morgan fingerprint density at radius 3 is 2.80 bits per heavy atom. The summed E-state index contributed by atoms with van der Waals surface area (Å²) in [6.45, 7) is 1.80. The molecule has 2 aromatic rings. The minimum Gasteiger partial charge on any atom is -0.384 e. The molecule has 0 aliphatic rings. The number of benzene rings is 1. The second kappa shape index (κ2) is 3.31. The molecule has 3 nitrogen and oxygen atoms in total. The zero-order valence-corrected chi connectivity index (χ0v) is 8.21. The number of rotatable bonds is 1. The summed E-state index contributed by atoms with van der Waals surface area (Å²) in [6.07, 6.45) is 0. The molecule has 2 rings (SSSR count). The Morgan fingerprint density at radius 1 is 1.40 bits per heavy atom. The number of aryl methyl sites for hydroxylation is 1. The lowest BCUT2D eigenvalue weighted by Gasteiger charge is -2.03. The number of nitrogens with two attached hydrogens (primary N) is 1. The summed E-state index contributed by atoms with van der Waals surface area (Å²) in [5.74, 6) is -0.585. The van der Waals surface area contributed by atoms with Gasteiger partial charge in [-0.2, -0.15) is 0 Å². The van der Waals surface area contributed by atoms with Crippen LogP contribution in [0.3, 0.4) is 0 Å². The molecule has 76 valence electrons. The van der Waals surface area contributed by atoms with Crippen LogP contribution in [0.15, 0.2) is 24.3 Å². The maximum absolute atomic E-state index is 13.6. The van der Waals surface area contributed by atoms with Crippen molar-refractivity contribution in [2.24, 2.45) is 5.73 Å². The molecule has 1 heterocycles. The van der Waals surface area contributed by atoms with Crippen molar-refractivity contribution in [2.45, 2.75) is 6.92 Å². The highest BCUT2D eigenvalue weighted by atomic mass is 19.1. The van der Waals surface area contributed by atoms with E-state index in [0.717, 1.165) is 5.69 Å². The summed E-state index contributed by atoms with van der Waals surface area (Å²) < 4.78 is 13.6. The minimum absolute atomic E-state index is 0.142. The van der Waals surface area contributed by atoms with E-state index in [9.17, 15) is 4.39 Å². The van der Waals surface area contributed by atoms with Crippen LogP contribution in [0, 0.1) is 18.2 Å². The first kappa shape index (κ1) is 9.58. The average Bonchev–Trinajstić information content (AvgIpc) is 2.18. The number of hydrogen-bond acceptors (Lipinski definition) is 2. The first-order valence-electron chi connectivity index (χ1n) is 4.49. The van der Waals surface area contributed by atoms with Crippen molar-refractivity contribution in [3.05, 3.63) is 41.3 Å². The van der Waals surface area contributed by atoms with Crippen molar-refractivity contribution in [3.63, 3.8) is 0 Å². The molecule has 0 saturated carbocycles. The molecule has 3 N–H and O–H groups in total. The van der Waals surface area contributed by atoms with Crippen molar-refractivity contribution < 1.29 is 4.39 Å². The molecule has 0 amide bonds. The standard InChI is InChI=1S/C11H10FN3/c1-6-2-3-7-4-8(11(13)14)5-9(12)10(7)15-6/h2-5H,1H3,(H3,13,14). The van der Waals surface area contributed by atoms with Gasteiger partial charge in [0.2, 0.25) is 0 Å². The van der Waals surface area contributed by atoms with Gasteiger partial charge in [-0.3, -0.25) is 10.4 Å². The number of amidine groups is 1.